The monoisotopic (exact) mass is 153 g/mol. The summed E-state index contributed by atoms with van der Waals surface area (Å²) in [4.78, 5) is 0. The lowest BCUT2D eigenvalue weighted by Crippen LogP contribution is -1.88. The molecule has 0 aliphatic carbocycles. The third-order valence-electron chi connectivity index (χ3n) is 2.00. The summed E-state index contributed by atoms with van der Waals surface area (Å²) in [6.07, 6.45) is 0. The molecule has 0 aliphatic heterocycles. The Kier molecular flexibility index (Phi) is 2.05. The van der Waals surface area contributed by atoms with Gasteiger partial charge in [-0.1, -0.05) is 0 Å². The third kappa shape index (κ3) is 1.19. The van der Waals surface area contributed by atoms with Crippen LogP contribution in [0.3, 0.4) is 0 Å². The molecule has 1 aromatic heterocycles. The highest BCUT2D eigenvalue weighted by Gasteiger charge is 1.99. The van der Waals surface area contributed by atoms with E-state index >= 15 is 0 Å². The molecule has 0 saturated heterocycles. The molecule has 0 fully saturated rings. The summed E-state index contributed by atoms with van der Waals surface area (Å²) < 4.78 is 4.34. The Morgan fingerprint density at radius 2 is 1.60 bits per heavy atom. The van der Waals surface area contributed by atoms with E-state index < -0.39 is 0 Å². The van der Waals surface area contributed by atoms with Gasteiger partial charge in [0.25, 0.3) is 0 Å². The van der Waals surface area contributed by atoms with Gasteiger partial charge in [-0.05, 0) is 44.1 Å². The average Bonchev–Trinajstić information content (AvgIpc) is 1.93. The van der Waals surface area contributed by atoms with Gasteiger partial charge in [-0.25, -0.2) is 4.75 Å². The van der Waals surface area contributed by atoms with Crippen molar-refractivity contribution in [2.75, 3.05) is 0 Å². The smallest absolute Gasteiger partial charge is 0.0454 e. The molecule has 0 unspecified atom stereocenters. The fraction of sp³-hybridized carbons (Fsp3) is 0.500. The molecule has 2 heteroatoms. The van der Waals surface area contributed by atoms with Crippen molar-refractivity contribution in [2.45, 2.75) is 27.7 Å². The van der Waals surface area contributed by atoms with Crippen molar-refractivity contribution in [3.05, 3.63) is 22.1 Å². The summed E-state index contributed by atoms with van der Waals surface area (Å²) >= 11 is 0. The second-order valence-corrected chi connectivity index (χ2v) is 3.69. The Morgan fingerprint density at radius 1 is 1.00 bits per heavy atom. The number of hydrogen-bond donors (Lipinski definition) is 0. The minimum atomic E-state index is 1.13. The Morgan fingerprint density at radius 3 is 2.10 bits per heavy atom. The average molecular weight is 153 g/mol. The molecule has 1 aromatic rings. The molecule has 0 aliphatic rings. The number of hydrogen-bond acceptors (Lipinski definition) is 1. The van der Waals surface area contributed by atoms with Crippen LogP contribution >= 0.6 is 8.35 Å². The van der Waals surface area contributed by atoms with Gasteiger partial charge >= 0.3 is 0 Å². The Hall–Kier alpha value is -0.420. The van der Waals surface area contributed by atoms with Crippen LogP contribution in [0.2, 0.25) is 0 Å². The lowest BCUT2D eigenvalue weighted by Gasteiger charge is -2.04. The van der Waals surface area contributed by atoms with Crippen LogP contribution in [0, 0.1) is 27.7 Å². The molecule has 54 valence electrons. The standard InChI is InChI=1S/C8H12NP/c1-5-6(2)8(4)10-9-7(5)3/h1-4H3. The molecule has 0 atom stereocenters. The minimum Gasteiger partial charge on any atom is -0.232 e. The maximum Gasteiger partial charge on any atom is 0.0454 e. The first-order chi connectivity index (χ1) is 4.63. The summed E-state index contributed by atoms with van der Waals surface area (Å²) in [5.74, 6) is 0. The van der Waals surface area contributed by atoms with Crippen molar-refractivity contribution in [1.82, 2.24) is 4.75 Å². The van der Waals surface area contributed by atoms with E-state index in [2.05, 4.69) is 32.4 Å². The van der Waals surface area contributed by atoms with Gasteiger partial charge in [0, 0.05) is 14.0 Å². The van der Waals surface area contributed by atoms with Crippen LogP contribution in [-0.2, 0) is 0 Å². The zero-order valence-electron chi connectivity index (χ0n) is 6.89. The molecule has 0 amide bonds. The summed E-state index contributed by atoms with van der Waals surface area (Å²) in [5, 5.41) is 1.38. The van der Waals surface area contributed by atoms with Gasteiger partial charge < -0.3 is 0 Å². The topological polar surface area (TPSA) is 12.9 Å². The first-order valence-corrected chi connectivity index (χ1v) is 4.24. The van der Waals surface area contributed by atoms with E-state index in [1.807, 2.05) is 0 Å². The summed E-state index contributed by atoms with van der Waals surface area (Å²) in [6.45, 7) is 8.50. The molecular weight excluding hydrogens is 141 g/mol. The number of aryl methyl sites for hydroxylation is 2. The van der Waals surface area contributed by atoms with Crippen molar-refractivity contribution >= 4 is 8.35 Å². The van der Waals surface area contributed by atoms with E-state index in [9.17, 15) is 0 Å². The van der Waals surface area contributed by atoms with Crippen LogP contribution in [0.4, 0.5) is 0 Å². The maximum absolute atomic E-state index is 4.34. The second-order valence-electron chi connectivity index (χ2n) is 2.62. The van der Waals surface area contributed by atoms with E-state index in [1.54, 1.807) is 0 Å². The van der Waals surface area contributed by atoms with Crippen molar-refractivity contribution in [2.24, 2.45) is 0 Å². The van der Waals surface area contributed by atoms with Gasteiger partial charge in [0.15, 0.2) is 0 Å². The van der Waals surface area contributed by atoms with Gasteiger partial charge in [0.2, 0.25) is 0 Å². The van der Waals surface area contributed by atoms with Gasteiger partial charge in [-0.15, -0.1) is 0 Å². The molecule has 1 rings (SSSR count). The van der Waals surface area contributed by atoms with Crippen LogP contribution in [0.15, 0.2) is 0 Å². The zero-order chi connectivity index (χ0) is 7.72. The van der Waals surface area contributed by atoms with Gasteiger partial charge in [0.1, 0.15) is 0 Å². The molecule has 0 saturated carbocycles. The maximum atomic E-state index is 4.34. The van der Waals surface area contributed by atoms with Gasteiger partial charge in [-0.3, -0.25) is 0 Å². The van der Waals surface area contributed by atoms with Crippen LogP contribution < -0.4 is 0 Å². The quantitative estimate of drug-likeness (QED) is 0.558. The molecule has 0 bridgehead atoms. The Balaban J connectivity index is 3.34. The normalized spacial score (nSPS) is 10.8. The second kappa shape index (κ2) is 2.67. The van der Waals surface area contributed by atoms with E-state index in [0.717, 1.165) is 8.35 Å². The number of aromatic nitrogens is 1. The zero-order valence-corrected chi connectivity index (χ0v) is 7.79. The summed E-state index contributed by atoms with van der Waals surface area (Å²) in [7, 11) is 1.13. The van der Waals surface area contributed by atoms with Gasteiger partial charge in [-0.2, -0.15) is 0 Å². The van der Waals surface area contributed by atoms with Crippen molar-refractivity contribution in [1.29, 1.82) is 0 Å². The van der Waals surface area contributed by atoms with E-state index in [1.165, 1.54) is 22.1 Å². The highest BCUT2D eigenvalue weighted by atomic mass is 31.0. The highest BCUT2D eigenvalue weighted by Crippen LogP contribution is 2.20. The molecule has 0 spiro atoms. The fourth-order valence-electron chi connectivity index (χ4n) is 0.843. The predicted octanol–water partition coefficient (Wildman–Crippen LogP) is 2.90. The SMILES string of the molecule is Cc1npc(C)c(C)c1C. The molecule has 0 radical (unpaired) electrons. The van der Waals surface area contributed by atoms with E-state index in [4.69, 9.17) is 0 Å². The first kappa shape index (κ1) is 7.68. The van der Waals surface area contributed by atoms with Crippen molar-refractivity contribution < 1.29 is 0 Å². The lowest BCUT2D eigenvalue weighted by atomic mass is 10.1. The number of rotatable bonds is 0. The van der Waals surface area contributed by atoms with Crippen molar-refractivity contribution in [3.8, 4) is 0 Å². The van der Waals surface area contributed by atoms with E-state index in [-0.39, 0.29) is 0 Å². The molecule has 10 heavy (non-hydrogen) atoms. The van der Waals surface area contributed by atoms with Crippen LogP contribution in [-0.4, -0.2) is 4.75 Å². The van der Waals surface area contributed by atoms with Crippen LogP contribution in [0.25, 0.3) is 0 Å². The fourth-order valence-corrected chi connectivity index (χ4v) is 1.61. The Bertz CT molecular complexity index is 229. The van der Waals surface area contributed by atoms with E-state index in [0.29, 0.717) is 0 Å². The first-order valence-electron chi connectivity index (χ1n) is 3.40. The number of nitrogens with zero attached hydrogens (tertiary/aromatic N) is 1. The van der Waals surface area contributed by atoms with Gasteiger partial charge in [0.05, 0.1) is 0 Å². The summed E-state index contributed by atoms with van der Waals surface area (Å²) in [5.41, 5.74) is 3.94. The van der Waals surface area contributed by atoms with Crippen molar-refractivity contribution in [3.63, 3.8) is 0 Å². The third-order valence-corrected chi connectivity index (χ3v) is 3.03. The highest BCUT2D eigenvalue weighted by molar-refractivity contribution is 7.26. The van der Waals surface area contributed by atoms with Crippen LogP contribution in [0.5, 0.6) is 0 Å². The Labute approximate surface area is 63.7 Å². The van der Waals surface area contributed by atoms with Crippen LogP contribution in [0.1, 0.15) is 22.1 Å². The summed E-state index contributed by atoms with van der Waals surface area (Å²) in [6, 6.07) is 0. The predicted molar refractivity (Wildman–Crippen MR) is 45.7 cm³/mol. The molecule has 0 aromatic carbocycles. The minimum absolute atomic E-state index is 1.13. The lowest BCUT2D eigenvalue weighted by molar-refractivity contribution is 1.18. The molecule has 0 N–H and O–H groups in total. The molecular formula is C8H12NP. The molecule has 1 nitrogen and oxygen atoms in total. The molecule has 1 heterocycles. The largest absolute Gasteiger partial charge is 0.232 e.